The molecule has 2 rings (SSSR count). The summed E-state index contributed by atoms with van der Waals surface area (Å²) in [5.74, 6) is 1.16. The Morgan fingerprint density at radius 2 is 2.12 bits per heavy atom. The maximum atomic E-state index is 5.41. The second kappa shape index (κ2) is 4.14. The van der Waals surface area contributed by atoms with Crippen molar-refractivity contribution in [2.75, 3.05) is 7.11 Å². The minimum atomic E-state index is 0.466. The predicted molar refractivity (Wildman–Crippen MR) is 66.5 cm³/mol. The van der Waals surface area contributed by atoms with Crippen molar-refractivity contribution >= 4 is 29.1 Å². The lowest BCUT2D eigenvalue weighted by molar-refractivity contribution is 0.413. The Kier molecular flexibility index (Phi) is 2.83. The smallest absolute Gasteiger partial charge is 0.231 e. The Morgan fingerprint density at radius 1 is 1.38 bits per heavy atom. The van der Waals surface area contributed by atoms with Crippen molar-refractivity contribution < 1.29 is 9.15 Å². The number of rotatable bonds is 2. The average Bonchev–Trinajstić information content (AvgIpc) is 2.59. The zero-order valence-corrected chi connectivity index (χ0v) is 10.4. The van der Waals surface area contributed by atoms with Gasteiger partial charge in [0.05, 0.1) is 12.7 Å². The summed E-state index contributed by atoms with van der Waals surface area (Å²) in [7, 11) is 1.60. The highest BCUT2D eigenvalue weighted by Gasteiger charge is 2.11. The fourth-order valence-electron chi connectivity index (χ4n) is 1.35. The Balaban J connectivity index is 2.66. The first kappa shape index (κ1) is 11.0. The molecular formula is C12H10BrNO2. The third-order valence-corrected chi connectivity index (χ3v) is 2.66. The summed E-state index contributed by atoms with van der Waals surface area (Å²) in [5.41, 5.74) is 1.24. The van der Waals surface area contributed by atoms with Gasteiger partial charge in [-0.1, -0.05) is 29.1 Å². The highest BCUT2D eigenvalue weighted by Crippen LogP contribution is 2.30. The van der Waals surface area contributed by atoms with Crippen molar-refractivity contribution in [3.63, 3.8) is 0 Å². The fourth-order valence-corrected chi connectivity index (χ4v) is 1.71. The van der Waals surface area contributed by atoms with E-state index in [0.29, 0.717) is 22.4 Å². The molecular weight excluding hydrogens is 270 g/mol. The van der Waals surface area contributed by atoms with E-state index in [1.54, 1.807) is 7.11 Å². The molecule has 0 spiro atoms. The third kappa shape index (κ3) is 1.88. The lowest BCUT2D eigenvalue weighted by Gasteiger charge is -2.05. The van der Waals surface area contributed by atoms with Gasteiger partial charge in [0.1, 0.15) is 16.5 Å². The van der Waals surface area contributed by atoms with Gasteiger partial charge in [-0.2, -0.15) is 0 Å². The summed E-state index contributed by atoms with van der Waals surface area (Å²) in [6.07, 6.45) is 0. The molecule has 0 fully saturated rings. The van der Waals surface area contributed by atoms with Crippen molar-refractivity contribution in [3.8, 4) is 17.2 Å². The van der Waals surface area contributed by atoms with Crippen LogP contribution in [0.3, 0.4) is 0 Å². The minimum Gasteiger partial charge on any atom is -0.496 e. The normalized spacial score (nSPS) is 10.4. The molecule has 3 nitrogen and oxygen atoms in total. The van der Waals surface area contributed by atoms with Crippen LogP contribution in [0.25, 0.3) is 24.6 Å². The standard InChI is InChI=1S/C12H10BrNO2/c1-7-8(2)16-12(14-7)10-6-9(13)4-5-11(10)15-3/h4-6H,1-2H2,3H3. The van der Waals surface area contributed by atoms with E-state index >= 15 is 0 Å². The number of hydrogen-bond acceptors (Lipinski definition) is 3. The highest BCUT2D eigenvalue weighted by molar-refractivity contribution is 9.10. The summed E-state index contributed by atoms with van der Waals surface area (Å²) < 4.78 is 11.6. The van der Waals surface area contributed by atoms with Gasteiger partial charge in [-0.3, -0.25) is 0 Å². The number of nitrogens with zero attached hydrogens (tertiary/aromatic N) is 1. The van der Waals surface area contributed by atoms with Gasteiger partial charge < -0.3 is 9.15 Å². The van der Waals surface area contributed by atoms with Crippen molar-refractivity contribution in [1.82, 2.24) is 4.98 Å². The third-order valence-electron chi connectivity index (χ3n) is 2.17. The second-order valence-corrected chi connectivity index (χ2v) is 4.15. The van der Waals surface area contributed by atoms with E-state index < -0.39 is 0 Å². The summed E-state index contributed by atoms with van der Waals surface area (Å²) in [6.45, 7) is 7.42. The van der Waals surface area contributed by atoms with Gasteiger partial charge in [0.2, 0.25) is 5.89 Å². The monoisotopic (exact) mass is 279 g/mol. The van der Waals surface area contributed by atoms with Crippen molar-refractivity contribution in [3.05, 3.63) is 33.4 Å². The first-order valence-corrected chi connectivity index (χ1v) is 5.39. The molecule has 82 valence electrons. The highest BCUT2D eigenvalue weighted by atomic mass is 79.9. The van der Waals surface area contributed by atoms with Gasteiger partial charge in [0, 0.05) is 4.47 Å². The van der Waals surface area contributed by atoms with Crippen LogP contribution in [0, 0.1) is 0 Å². The fraction of sp³-hybridized carbons (Fsp3) is 0.0833. The Hall–Kier alpha value is -1.55. The number of hydrogen-bond donors (Lipinski definition) is 0. The Morgan fingerprint density at radius 3 is 2.69 bits per heavy atom. The van der Waals surface area contributed by atoms with Gasteiger partial charge in [-0.15, -0.1) is 0 Å². The average molecular weight is 280 g/mol. The molecule has 1 aromatic heterocycles. The quantitative estimate of drug-likeness (QED) is 0.843. The van der Waals surface area contributed by atoms with Crippen molar-refractivity contribution in [2.24, 2.45) is 0 Å². The van der Waals surface area contributed by atoms with Crippen LogP contribution in [-0.4, -0.2) is 12.1 Å². The van der Waals surface area contributed by atoms with Crippen LogP contribution >= 0.6 is 15.9 Å². The number of halogens is 1. The summed E-state index contributed by atoms with van der Waals surface area (Å²) in [4.78, 5) is 4.19. The Labute approximate surface area is 101 Å². The molecule has 0 aliphatic rings. The van der Waals surface area contributed by atoms with Gasteiger partial charge in [-0.25, -0.2) is 4.98 Å². The predicted octanol–water partition coefficient (Wildman–Crippen LogP) is 1.93. The van der Waals surface area contributed by atoms with E-state index in [-0.39, 0.29) is 0 Å². The summed E-state index contributed by atoms with van der Waals surface area (Å²) >= 11 is 3.39. The van der Waals surface area contributed by atoms with E-state index in [4.69, 9.17) is 9.15 Å². The molecule has 0 amide bonds. The van der Waals surface area contributed by atoms with E-state index in [9.17, 15) is 0 Å². The molecule has 0 radical (unpaired) electrons. The van der Waals surface area contributed by atoms with E-state index in [1.165, 1.54) is 0 Å². The zero-order valence-electron chi connectivity index (χ0n) is 8.79. The first-order valence-electron chi connectivity index (χ1n) is 4.60. The maximum absolute atomic E-state index is 5.41. The summed E-state index contributed by atoms with van der Waals surface area (Å²) in [6, 6.07) is 5.61. The molecule has 2 aromatic rings. The maximum Gasteiger partial charge on any atom is 0.231 e. The molecule has 0 aliphatic carbocycles. The SMILES string of the molecule is C=c1nc(-c2cc(Br)ccc2OC)oc1=C. The van der Waals surface area contributed by atoms with E-state index in [0.717, 1.165) is 10.0 Å². The zero-order chi connectivity index (χ0) is 11.7. The van der Waals surface area contributed by atoms with Crippen LogP contribution in [0.1, 0.15) is 0 Å². The molecule has 0 saturated carbocycles. The molecule has 0 N–H and O–H groups in total. The van der Waals surface area contributed by atoms with Gasteiger partial charge >= 0.3 is 0 Å². The molecule has 1 heterocycles. The minimum absolute atomic E-state index is 0.466. The van der Waals surface area contributed by atoms with E-state index in [2.05, 4.69) is 34.1 Å². The number of methoxy groups -OCH3 is 1. The lowest BCUT2D eigenvalue weighted by atomic mass is 10.2. The molecule has 4 heteroatoms. The number of aromatic nitrogens is 1. The molecule has 0 atom stereocenters. The van der Waals surface area contributed by atoms with Crippen LogP contribution < -0.4 is 15.5 Å². The van der Waals surface area contributed by atoms with Crippen LogP contribution in [0.5, 0.6) is 5.75 Å². The number of ether oxygens (including phenoxy) is 1. The van der Waals surface area contributed by atoms with Crippen LogP contribution in [0.15, 0.2) is 27.1 Å². The molecule has 0 saturated heterocycles. The first-order chi connectivity index (χ1) is 7.61. The van der Waals surface area contributed by atoms with Crippen LogP contribution in [0.2, 0.25) is 0 Å². The largest absolute Gasteiger partial charge is 0.496 e. The second-order valence-electron chi connectivity index (χ2n) is 3.23. The van der Waals surface area contributed by atoms with Gasteiger partial charge in [0.25, 0.3) is 0 Å². The molecule has 0 unspecified atom stereocenters. The molecule has 0 bridgehead atoms. The molecule has 16 heavy (non-hydrogen) atoms. The van der Waals surface area contributed by atoms with Crippen LogP contribution in [-0.2, 0) is 0 Å². The molecule has 1 aromatic carbocycles. The molecule has 0 aliphatic heterocycles. The van der Waals surface area contributed by atoms with E-state index in [1.807, 2.05) is 18.2 Å². The van der Waals surface area contributed by atoms with Gasteiger partial charge in [0.15, 0.2) is 0 Å². The van der Waals surface area contributed by atoms with Gasteiger partial charge in [-0.05, 0) is 18.2 Å². The number of oxazole rings is 1. The van der Waals surface area contributed by atoms with Crippen molar-refractivity contribution in [2.45, 2.75) is 0 Å². The Bertz CT molecular complexity index is 591. The van der Waals surface area contributed by atoms with Crippen molar-refractivity contribution in [1.29, 1.82) is 0 Å². The topological polar surface area (TPSA) is 35.3 Å². The van der Waals surface area contributed by atoms with Crippen LogP contribution in [0.4, 0.5) is 0 Å². The lowest BCUT2D eigenvalue weighted by Crippen LogP contribution is -2.17. The summed E-state index contributed by atoms with van der Waals surface area (Å²) in [5, 5.41) is 0.539. The number of benzene rings is 1.